The molecule has 0 aromatic carbocycles. The summed E-state index contributed by atoms with van der Waals surface area (Å²) in [4.78, 5) is 5.48. The van der Waals surface area contributed by atoms with Gasteiger partial charge in [-0.2, -0.15) is 0 Å². The first-order valence-electron chi connectivity index (χ1n) is 5.02. The van der Waals surface area contributed by atoms with Crippen LogP contribution in [-0.2, 0) is 0 Å². The summed E-state index contributed by atoms with van der Waals surface area (Å²) < 4.78 is 14.6. The molecule has 0 bridgehead atoms. The smallest absolute Gasteiger partial charge is 0.180 e. The molecule has 0 fully saturated rings. The highest BCUT2D eigenvalue weighted by Gasteiger charge is 2.25. The zero-order valence-electron chi connectivity index (χ0n) is 9.30. The SMILES string of the molecule is CC/C(C)=C1/C(Br)=CCC(F)N1/C=N\C. The largest absolute Gasteiger partial charge is 0.300 e. The number of allylic oxidation sites excluding steroid dienone is 2. The van der Waals surface area contributed by atoms with E-state index in [1.807, 2.05) is 13.0 Å². The number of halogens is 2. The predicted octanol–water partition coefficient (Wildman–Crippen LogP) is 3.61. The molecule has 15 heavy (non-hydrogen) atoms. The lowest BCUT2D eigenvalue weighted by atomic mass is 10.1. The molecule has 4 heteroatoms. The zero-order chi connectivity index (χ0) is 11.4. The lowest BCUT2D eigenvalue weighted by molar-refractivity contribution is 0.189. The highest BCUT2D eigenvalue weighted by molar-refractivity contribution is 9.12. The van der Waals surface area contributed by atoms with E-state index < -0.39 is 6.30 Å². The monoisotopic (exact) mass is 274 g/mol. The summed E-state index contributed by atoms with van der Waals surface area (Å²) in [6, 6.07) is 0. The van der Waals surface area contributed by atoms with Gasteiger partial charge < -0.3 is 4.90 Å². The number of rotatable bonds is 2. The molecule has 1 aliphatic rings. The number of hydrogen-bond acceptors (Lipinski definition) is 1. The Labute approximate surface area is 98.7 Å². The van der Waals surface area contributed by atoms with Crippen LogP contribution >= 0.6 is 15.9 Å². The molecular formula is C11H16BrFN2. The second kappa shape index (κ2) is 5.45. The van der Waals surface area contributed by atoms with Crippen molar-refractivity contribution in [2.75, 3.05) is 7.05 Å². The fourth-order valence-electron chi connectivity index (χ4n) is 1.52. The Hall–Kier alpha value is -0.640. The maximum absolute atomic E-state index is 13.7. The molecule has 1 rings (SSSR count). The van der Waals surface area contributed by atoms with Crippen molar-refractivity contribution in [2.24, 2.45) is 4.99 Å². The van der Waals surface area contributed by atoms with Gasteiger partial charge in [-0.1, -0.05) is 13.0 Å². The number of aliphatic imine (C=N–C) groups is 1. The highest BCUT2D eigenvalue weighted by Crippen LogP contribution is 2.32. The Balaban J connectivity index is 3.15. The van der Waals surface area contributed by atoms with E-state index in [9.17, 15) is 4.39 Å². The fourth-order valence-corrected chi connectivity index (χ4v) is 2.25. The van der Waals surface area contributed by atoms with Crippen molar-refractivity contribution in [3.05, 3.63) is 21.8 Å². The van der Waals surface area contributed by atoms with Crippen LogP contribution in [-0.4, -0.2) is 24.6 Å². The average Bonchev–Trinajstić information content (AvgIpc) is 2.23. The Bertz CT molecular complexity index is 321. The third-order valence-corrected chi connectivity index (χ3v) is 3.15. The lowest BCUT2D eigenvalue weighted by Gasteiger charge is -2.31. The van der Waals surface area contributed by atoms with Gasteiger partial charge in [0.1, 0.15) is 0 Å². The molecule has 0 aromatic heterocycles. The van der Waals surface area contributed by atoms with Gasteiger partial charge in [0.15, 0.2) is 6.30 Å². The van der Waals surface area contributed by atoms with E-state index in [1.165, 1.54) is 0 Å². The van der Waals surface area contributed by atoms with Gasteiger partial charge in [-0.3, -0.25) is 4.99 Å². The molecule has 0 aliphatic carbocycles. The highest BCUT2D eigenvalue weighted by atomic mass is 79.9. The summed E-state index contributed by atoms with van der Waals surface area (Å²) in [5, 5.41) is 0. The molecule has 1 atom stereocenters. The zero-order valence-corrected chi connectivity index (χ0v) is 10.9. The van der Waals surface area contributed by atoms with Crippen molar-refractivity contribution in [3.8, 4) is 0 Å². The number of nitrogens with zero attached hydrogens (tertiary/aromatic N) is 2. The van der Waals surface area contributed by atoms with Gasteiger partial charge in [0, 0.05) is 18.0 Å². The second-order valence-electron chi connectivity index (χ2n) is 3.49. The van der Waals surface area contributed by atoms with E-state index in [0.717, 1.165) is 22.2 Å². The van der Waals surface area contributed by atoms with E-state index in [2.05, 4.69) is 27.8 Å². The van der Waals surface area contributed by atoms with Gasteiger partial charge in [0.05, 0.1) is 12.0 Å². The van der Waals surface area contributed by atoms with Crippen molar-refractivity contribution in [1.82, 2.24) is 4.90 Å². The minimum Gasteiger partial charge on any atom is -0.300 e. The maximum atomic E-state index is 13.7. The van der Waals surface area contributed by atoms with Gasteiger partial charge in [0.2, 0.25) is 0 Å². The van der Waals surface area contributed by atoms with Gasteiger partial charge >= 0.3 is 0 Å². The van der Waals surface area contributed by atoms with Gasteiger partial charge in [-0.15, -0.1) is 0 Å². The molecule has 0 amide bonds. The lowest BCUT2D eigenvalue weighted by Crippen LogP contribution is -2.33. The second-order valence-corrected chi connectivity index (χ2v) is 4.34. The minimum atomic E-state index is -1.01. The van der Waals surface area contributed by atoms with Crippen molar-refractivity contribution < 1.29 is 4.39 Å². The average molecular weight is 275 g/mol. The first kappa shape index (κ1) is 12.4. The fraction of sp³-hybridized carbons (Fsp3) is 0.545. The van der Waals surface area contributed by atoms with E-state index in [4.69, 9.17) is 0 Å². The Kier molecular flexibility index (Phi) is 4.51. The first-order valence-corrected chi connectivity index (χ1v) is 5.81. The number of alkyl halides is 1. The van der Waals surface area contributed by atoms with Crippen molar-refractivity contribution >= 4 is 22.3 Å². The Morgan fingerprint density at radius 2 is 2.47 bits per heavy atom. The van der Waals surface area contributed by atoms with Crippen LogP contribution in [0.2, 0.25) is 0 Å². The van der Waals surface area contributed by atoms with Crippen LogP contribution in [0.4, 0.5) is 4.39 Å². The standard InChI is InChI=1S/C11H16BrFN2/c1-4-8(2)11-9(12)5-6-10(13)15(11)7-14-3/h5,7,10H,4,6H2,1-3H3/b11-8-,14-7-. The normalized spacial score (nSPS) is 25.8. The van der Waals surface area contributed by atoms with Crippen LogP contribution in [0.15, 0.2) is 26.8 Å². The molecule has 84 valence electrons. The summed E-state index contributed by atoms with van der Waals surface area (Å²) in [7, 11) is 1.65. The van der Waals surface area contributed by atoms with Gasteiger partial charge in [-0.05, 0) is 34.8 Å². The summed E-state index contributed by atoms with van der Waals surface area (Å²) in [5.41, 5.74) is 2.06. The van der Waals surface area contributed by atoms with Crippen molar-refractivity contribution in [3.63, 3.8) is 0 Å². The summed E-state index contributed by atoms with van der Waals surface area (Å²) in [6.07, 6.45) is 3.71. The topological polar surface area (TPSA) is 15.6 Å². The summed E-state index contributed by atoms with van der Waals surface area (Å²) in [5.74, 6) is 0. The quantitative estimate of drug-likeness (QED) is 0.427. The molecule has 2 nitrogen and oxygen atoms in total. The third-order valence-electron chi connectivity index (χ3n) is 2.45. The van der Waals surface area contributed by atoms with Crippen LogP contribution in [0, 0.1) is 0 Å². The van der Waals surface area contributed by atoms with Crippen molar-refractivity contribution in [1.29, 1.82) is 0 Å². The molecule has 0 spiro atoms. The Morgan fingerprint density at radius 1 is 1.80 bits per heavy atom. The molecule has 0 aromatic rings. The maximum Gasteiger partial charge on any atom is 0.180 e. The van der Waals surface area contributed by atoms with Crippen LogP contribution < -0.4 is 0 Å². The number of hydrogen-bond donors (Lipinski definition) is 0. The first-order chi connectivity index (χ1) is 7.11. The third kappa shape index (κ3) is 2.68. The van der Waals surface area contributed by atoms with E-state index in [0.29, 0.717) is 6.42 Å². The van der Waals surface area contributed by atoms with Crippen LogP contribution in [0.1, 0.15) is 26.7 Å². The van der Waals surface area contributed by atoms with Crippen LogP contribution in [0.3, 0.4) is 0 Å². The van der Waals surface area contributed by atoms with Crippen LogP contribution in [0.25, 0.3) is 0 Å². The molecule has 1 unspecified atom stereocenters. The van der Waals surface area contributed by atoms with Gasteiger partial charge in [0.25, 0.3) is 0 Å². The van der Waals surface area contributed by atoms with E-state index >= 15 is 0 Å². The molecule has 1 aliphatic heterocycles. The molecule has 0 radical (unpaired) electrons. The predicted molar refractivity (Wildman–Crippen MR) is 65.8 cm³/mol. The van der Waals surface area contributed by atoms with Gasteiger partial charge in [-0.25, -0.2) is 4.39 Å². The molecule has 0 N–H and O–H groups in total. The van der Waals surface area contributed by atoms with E-state index in [1.54, 1.807) is 18.3 Å². The van der Waals surface area contributed by atoms with E-state index in [-0.39, 0.29) is 0 Å². The summed E-state index contributed by atoms with van der Waals surface area (Å²) >= 11 is 3.47. The molecule has 1 heterocycles. The minimum absolute atomic E-state index is 0.396. The summed E-state index contributed by atoms with van der Waals surface area (Å²) in [6.45, 7) is 4.07. The van der Waals surface area contributed by atoms with Crippen LogP contribution in [0.5, 0.6) is 0 Å². The molecule has 0 saturated carbocycles. The molecular weight excluding hydrogens is 259 g/mol. The van der Waals surface area contributed by atoms with Crippen molar-refractivity contribution in [2.45, 2.75) is 33.0 Å². The Morgan fingerprint density at radius 3 is 3.00 bits per heavy atom. The molecule has 0 saturated heterocycles.